The Morgan fingerprint density at radius 2 is 1.47 bits per heavy atom. The normalized spacial score (nSPS) is 11.4. The molecule has 0 radical (unpaired) electrons. The molecular weight excluding hydrogens is 422 g/mol. The standard InChI is InChI=1S/C30H41NO3/c1-4-7-14-28-29(26-13-10-11-15-27(26)34-28)30(32)24-16-18-25(19-17-24)33-23-12-22-31(20-8-5-2)21-9-6-3/h10-11,13,15-19H,4-9,12,14,20-23H2,1-3H3. The second-order valence-electron chi connectivity index (χ2n) is 9.10. The quantitative estimate of drug-likeness (QED) is 0.161. The molecule has 1 aromatic heterocycles. The van der Waals surface area contributed by atoms with E-state index in [4.69, 9.17) is 9.15 Å². The molecule has 34 heavy (non-hydrogen) atoms. The number of hydrogen-bond donors (Lipinski definition) is 0. The lowest BCUT2D eigenvalue weighted by molar-refractivity contribution is 0.103. The second-order valence-corrected chi connectivity index (χ2v) is 9.10. The summed E-state index contributed by atoms with van der Waals surface area (Å²) >= 11 is 0. The summed E-state index contributed by atoms with van der Waals surface area (Å²) in [5, 5.41) is 0.898. The first-order valence-corrected chi connectivity index (χ1v) is 13.2. The third-order valence-corrected chi connectivity index (χ3v) is 6.31. The van der Waals surface area contributed by atoms with E-state index in [1.807, 2.05) is 48.5 Å². The van der Waals surface area contributed by atoms with Gasteiger partial charge in [0, 0.05) is 23.9 Å². The number of aryl methyl sites for hydroxylation is 1. The van der Waals surface area contributed by atoms with E-state index < -0.39 is 0 Å². The Morgan fingerprint density at radius 1 is 0.824 bits per heavy atom. The van der Waals surface area contributed by atoms with Crippen LogP contribution in [0.2, 0.25) is 0 Å². The predicted molar refractivity (Wildman–Crippen MR) is 141 cm³/mol. The fourth-order valence-electron chi connectivity index (χ4n) is 4.28. The molecule has 0 N–H and O–H groups in total. The number of carbonyl (C=O) groups excluding carboxylic acids is 1. The second kappa shape index (κ2) is 14.0. The summed E-state index contributed by atoms with van der Waals surface area (Å²) in [6, 6.07) is 15.4. The lowest BCUT2D eigenvalue weighted by atomic mass is 9.98. The van der Waals surface area contributed by atoms with Gasteiger partial charge in [-0.2, -0.15) is 0 Å². The zero-order valence-corrected chi connectivity index (χ0v) is 21.3. The number of nitrogens with zero attached hydrogens (tertiary/aromatic N) is 1. The molecule has 1 heterocycles. The predicted octanol–water partition coefficient (Wildman–Crippen LogP) is 7.68. The van der Waals surface area contributed by atoms with Gasteiger partial charge in [0.2, 0.25) is 0 Å². The highest BCUT2D eigenvalue weighted by Crippen LogP contribution is 2.29. The first kappa shape index (κ1) is 26.0. The van der Waals surface area contributed by atoms with E-state index in [0.717, 1.165) is 54.7 Å². The molecule has 0 fully saturated rings. The van der Waals surface area contributed by atoms with Crippen LogP contribution in [0, 0.1) is 0 Å². The van der Waals surface area contributed by atoms with Crippen molar-refractivity contribution in [1.29, 1.82) is 0 Å². The molecule has 0 aliphatic heterocycles. The van der Waals surface area contributed by atoms with E-state index in [-0.39, 0.29) is 5.78 Å². The lowest BCUT2D eigenvalue weighted by Gasteiger charge is -2.21. The van der Waals surface area contributed by atoms with Crippen molar-refractivity contribution < 1.29 is 13.9 Å². The van der Waals surface area contributed by atoms with Crippen molar-refractivity contribution >= 4 is 16.8 Å². The van der Waals surface area contributed by atoms with Gasteiger partial charge in [0.25, 0.3) is 0 Å². The molecular formula is C30H41NO3. The van der Waals surface area contributed by atoms with Crippen molar-refractivity contribution in [3.63, 3.8) is 0 Å². The van der Waals surface area contributed by atoms with Crippen LogP contribution in [-0.2, 0) is 6.42 Å². The Bertz CT molecular complexity index is 998. The lowest BCUT2D eigenvalue weighted by Crippen LogP contribution is -2.28. The molecule has 0 atom stereocenters. The van der Waals surface area contributed by atoms with Crippen LogP contribution in [0.5, 0.6) is 5.75 Å². The number of ketones is 1. The van der Waals surface area contributed by atoms with Gasteiger partial charge in [-0.3, -0.25) is 4.79 Å². The number of unbranched alkanes of at least 4 members (excludes halogenated alkanes) is 3. The summed E-state index contributed by atoms with van der Waals surface area (Å²) in [4.78, 5) is 16.0. The zero-order valence-electron chi connectivity index (χ0n) is 21.3. The molecule has 0 amide bonds. The van der Waals surface area contributed by atoms with E-state index >= 15 is 0 Å². The van der Waals surface area contributed by atoms with Crippen molar-refractivity contribution in [3.05, 3.63) is 65.4 Å². The molecule has 0 spiro atoms. The summed E-state index contributed by atoms with van der Waals surface area (Å²) in [6.07, 6.45) is 8.83. The summed E-state index contributed by atoms with van der Waals surface area (Å²) < 4.78 is 12.0. The molecule has 3 rings (SSSR count). The molecule has 4 nitrogen and oxygen atoms in total. The van der Waals surface area contributed by atoms with Gasteiger partial charge in [0.05, 0.1) is 12.2 Å². The molecule has 0 unspecified atom stereocenters. The van der Waals surface area contributed by atoms with E-state index in [0.29, 0.717) is 17.7 Å². The van der Waals surface area contributed by atoms with Crippen LogP contribution in [0.1, 0.15) is 87.4 Å². The van der Waals surface area contributed by atoms with Crippen molar-refractivity contribution in [3.8, 4) is 5.75 Å². The highest BCUT2D eigenvalue weighted by atomic mass is 16.5. The fraction of sp³-hybridized carbons (Fsp3) is 0.500. The molecule has 0 aliphatic rings. The average Bonchev–Trinajstić information content (AvgIpc) is 3.24. The van der Waals surface area contributed by atoms with Gasteiger partial charge in [-0.05, 0) is 69.1 Å². The van der Waals surface area contributed by atoms with Crippen LogP contribution in [-0.4, -0.2) is 36.9 Å². The summed E-state index contributed by atoms with van der Waals surface area (Å²) in [7, 11) is 0. The number of hydrogen-bond acceptors (Lipinski definition) is 4. The summed E-state index contributed by atoms with van der Waals surface area (Å²) in [6.45, 7) is 10.8. The molecule has 0 saturated carbocycles. The van der Waals surface area contributed by atoms with Crippen LogP contribution in [0.25, 0.3) is 11.0 Å². The van der Waals surface area contributed by atoms with Crippen LogP contribution in [0.3, 0.4) is 0 Å². The summed E-state index contributed by atoms with van der Waals surface area (Å²) in [5.74, 6) is 1.63. The molecule has 4 heteroatoms. The number of carbonyl (C=O) groups is 1. The Kier molecular flexibility index (Phi) is 10.7. The highest BCUT2D eigenvalue weighted by molar-refractivity contribution is 6.16. The van der Waals surface area contributed by atoms with E-state index in [1.165, 1.54) is 38.8 Å². The summed E-state index contributed by atoms with van der Waals surface area (Å²) in [5.41, 5.74) is 2.16. The van der Waals surface area contributed by atoms with Crippen LogP contribution < -0.4 is 4.74 Å². The van der Waals surface area contributed by atoms with Gasteiger partial charge in [-0.1, -0.05) is 58.2 Å². The third-order valence-electron chi connectivity index (χ3n) is 6.31. The Balaban J connectivity index is 1.60. The number of furan rings is 1. The molecule has 3 aromatic rings. The number of fused-ring (bicyclic) bond motifs is 1. The van der Waals surface area contributed by atoms with Crippen LogP contribution in [0.15, 0.2) is 52.9 Å². The first-order chi connectivity index (χ1) is 16.7. The van der Waals surface area contributed by atoms with Crippen molar-refractivity contribution in [2.45, 2.75) is 72.1 Å². The van der Waals surface area contributed by atoms with Gasteiger partial charge < -0.3 is 14.1 Å². The number of benzene rings is 2. The maximum absolute atomic E-state index is 13.4. The van der Waals surface area contributed by atoms with Gasteiger partial charge >= 0.3 is 0 Å². The van der Waals surface area contributed by atoms with Crippen molar-refractivity contribution in [2.75, 3.05) is 26.2 Å². The van der Waals surface area contributed by atoms with Gasteiger partial charge in [-0.25, -0.2) is 0 Å². The smallest absolute Gasteiger partial charge is 0.197 e. The van der Waals surface area contributed by atoms with E-state index in [9.17, 15) is 4.79 Å². The van der Waals surface area contributed by atoms with Gasteiger partial charge in [-0.15, -0.1) is 0 Å². The highest BCUT2D eigenvalue weighted by Gasteiger charge is 2.21. The number of ether oxygens (including phenoxy) is 1. The first-order valence-electron chi connectivity index (χ1n) is 13.2. The van der Waals surface area contributed by atoms with Crippen LogP contribution >= 0.6 is 0 Å². The zero-order chi connectivity index (χ0) is 24.2. The molecule has 184 valence electrons. The van der Waals surface area contributed by atoms with E-state index in [2.05, 4.69) is 25.7 Å². The number of para-hydroxylation sites is 1. The SMILES string of the molecule is CCCCc1oc2ccccc2c1C(=O)c1ccc(OCCCN(CCCC)CCCC)cc1. The molecule has 0 bridgehead atoms. The molecule has 0 saturated heterocycles. The van der Waals surface area contributed by atoms with E-state index in [1.54, 1.807) is 0 Å². The minimum Gasteiger partial charge on any atom is -0.494 e. The van der Waals surface area contributed by atoms with Gasteiger partial charge in [0.15, 0.2) is 5.78 Å². The fourth-order valence-corrected chi connectivity index (χ4v) is 4.28. The topological polar surface area (TPSA) is 42.7 Å². The van der Waals surface area contributed by atoms with Crippen LogP contribution in [0.4, 0.5) is 0 Å². The minimum absolute atomic E-state index is 0.0186. The Morgan fingerprint density at radius 3 is 2.15 bits per heavy atom. The maximum atomic E-state index is 13.4. The minimum atomic E-state index is 0.0186. The largest absolute Gasteiger partial charge is 0.494 e. The average molecular weight is 464 g/mol. The molecule has 0 aliphatic carbocycles. The van der Waals surface area contributed by atoms with Gasteiger partial charge in [0.1, 0.15) is 17.1 Å². The van der Waals surface area contributed by atoms with Crippen molar-refractivity contribution in [2.24, 2.45) is 0 Å². The monoisotopic (exact) mass is 463 g/mol. The third kappa shape index (κ3) is 7.20. The van der Waals surface area contributed by atoms with Crippen molar-refractivity contribution in [1.82, 2.24) is 4.90 Å². The Hall–Kier alpha value is -2.59. The molecule has 2 aromatic carbocycles. The Labute approximate surface area is 205 Å². The maximum Gasteiger partial charge on any atom is 0.197 e. The number of rotatable bonds is 16.